The Bertz CT molecular complexity index is 850. The van der Waals surface area contributed by atoms with E-state index >= 15 is 0 Å². The number of nitrogens with two attached hydrogens (primary N) is 1. The molecule has 0 aliphatic heterocycles. The van der Waals surface area contributed by atoms with Crippen LogP contribution < -0.4 is 21.7 Å². The fourth-order valence-corrected chi connectivity index (χ4v) is 3.98. The molecule has 8 nitrogen and oxygen atoms in total. The molecule has 0 spiro atoms. The van der Waals surface area contributed by atoms with Crippen molar-refractivity contribution < 1.29 is 19.2 Å². The number of ketones is 1. The van der Waals surface area contributed by atoms with Gasteiger partial charge >= 0.3 is 6.03 Å². The van der Waals surface area contributed by atoms with Crippen LogP contribution in [0.4, 0.5) is 10.5 Å². The molecule has 1 rings (SSSR count). The summed E-state index contributed by atoms with van der Waals surface area (Å²) in [6.07, 6.45) is 2.96. The summed E-state index contributed by atoms with van der Waals surface area (Å²) in [5, 5.41) is 8.32. The van der Waals surface area contributed by atoms with Crippen molar-refractivity contribution in [1.29, 1.82) is 0 Å². The van der Waals surface area contributed by atoms with Crippen molar-refractivity contribution in [3.8, 4) is 0 Å². The van der Waals surface area contributed by atoms with Gasteiger partial charge in [-0.2, -0.15) is 0 Å². The van der Waals surface area contributed by atoms with Crippen LogP contribution in [0.1, 0.15) is 79.2 Å². The molecule has 0 unspecified atom stereocenters. The molecule has 0 aliphatic rings. The molecule has 202 valence electrons. The zero-order valence-corrected chi connectivity index (χ0v) is 22.9. The Morgan fingerprint density at radius 1 is 0.889 bits per heavy atom. The normalized spacial score (nSPS) is 12.9. The molecule has 2 atom stereocenters. The van der Waals surface area contributed by atoms with Crippen LogP contribution in [0, 0.1) is 23.7 Å². The lowest BCUT2D eigenvalue weighted by atomic mass is 9.89. The molecule has 0 saturated carbocycles. The van der Waals surface area contributed by atoms with Gasteiger partial charge in [0.25, 0.3) is 0 Å². The maximum Gasteiger partial charge on any atom is 0.312 e. The summed E-state index contributed by atoms with van der Waals surface area (Å²) in [5.74, 6) is -0.347. The van der Waals surface area contributed by atoms with Gasteiger partial charge in [0.2, 0.25) is 11.8 Å². The molecule has 1 aromatic carbocycles. The highest BCUT2D eigenvalue weighted by Gasteiger charge is 2.29. The Labute approximate surface area is 216 Å². The molecule has 36 heavy (non-hydrogen) atoms. The molecular formula is C28H46N4O4. The molecule has 8 heteroatoms. The number of rotatable bonds is 16. The average Bonchev–Trinajstić information content (AvgIpc) is 2.78. The second-order valence-corrected chi connectivity index (χ2v) is 10.8. The SMILES string of the molecule is CC(C)CCC(=O)N[C@H](C(=O)C[C@@H](CCCNC(N)=O)C(=O)Nc1ccc(CC(C)C)cc1)C(C)C. The molecular weight excluding hydrogens is 456 g/mol. The number of carbonyl (C=O) groups excluding carboxylic acids is 4. The number of hydrogen-bond donors (Lipinski definition) is 4. The summed E-state index contributed by atoms with van der Waals surface area (Å²) >= 11 is 0. The third-order valence-electron chi connectivity index (χ3n) is 5.99. The number of amides is 4. The molecule has 0 saturated heterocycles. The summed E-state index contributed by atoms with van der Waals surface area (Å²) in [6.45, 7) is 12.5. The summed E-state index contributed by atoms with van der Waals surface area (Å²) in [4.78, 5) is 49.8. The zero-order chi connectivity index (χ0) is 27.3. The van der Waals surface area contributed by atoms with E-state index in [1.54, 1.807) is 0 Å². The third-order valence-corrected chi connectivity index (χ3v) is 5.99. The molecule has 0 bridgehead atoms. The lowest BCUT2D eigenvalue weighted by Crippen LogP contribution is -2.45. The quantitative estimate of drug-likeness (QED) is 0.249. The number of urea groups is 1. The Balaban J connectivity index is 2.90. The highest BCUT2D eigenvalue weighted by molar-refractivity contribution is 5.97. The minimum Gasteiger partial charge on any atom is -0.352 e. The molecule has 0 aromatic heterocycles. The number of carbonyl (C=O) groups is 4. The smallest absolute Gasteiger partial charge is 0.312 e. The van der Waals surface area contributed by atoms with Crippen molar-refractivity contribution in [3.63, 3.8) is 0 Å². The fraction of sp³-hybridized carbons (Fsp3) is 0.643. The maximum absolute atomic E-state index is 13.2. The minimum atomic E-state index is -0.654. The van der Waals surface area contributed by atoms with Crippen molar-refractivity contribution in [2.75, 3.05) is 11.9 Å². The van der Waals surface area contributed by atoms with Crippen LogP contribution in [0.15, 0.2) is 24.3 Å². The van der Waals surface area contributed by atoms with Crippen LogP contribution in [0.2, 0.25) is 0 Å². The van der Waals surface area contributed by atoms with E-state index in [0.29, 0.717) is 43.3 Å². The monoisotopic (exact) mass is 502 g/mol. The number of primary amides is 1. The first-order valence-corrected chi connectivity index (χ1v) is 13.1. The lowest BCUT2D eigenvalue weighted by Gasteiger charge is -2.24. The van der Waals surface area contributed by atoms with E-state index in [1.807, 2.05) is 52.0 Å². The van der Waals surface area contributed by atoms with Crippen molar-refractivity contribution in [2.24, 2.45) is 29.4 Å². The summed E-state index contributed by atoms with van der Waals surface area (Å²) in [7, 11) is 0. The first-order chi connectivity index (χ1) is 16.9. The first-order valence-electron chi connectivity index (χ1n) is 13.1. The van der Waals surface area contributed by atoms with Crippen molar-refractivity contribution in [3.05, 3.63) is 29.8 Å². The van der Waals surface area contributed by atoms with Gasteiger partial charge in [0.05, 0.1) is 6.04 Å². The van der Waals surface area contributed by atoms with Gasteiger partial charge in [-0.05, 0) is 61.1 Å². The lowest BCUT2D eigenvalue weighted by molar-refractivity contribution is -0.131. The molecule has 0 radical (unpaired) electrons. The van der Waals surface area contributed by atoms with Crippen molar-refractivity contribution >= 4 is 29.3 Å². The molecule has 1 aromatic rings. The van der Waals surface area contributed by atoms with Crippen LogP contribution in [0.3, 0.4) is 0 Å². The van der Waals surface area contributed by atoms with Gasteiger partial charge in [0.15, 0.2) is 5.78 Å². The predicted molar refractivity (Wildman–Crippen MR) is 144 cm³/mol. The summed E-state index contributed by atoms with van der Waals surface area (Å²) in [6, 6.07) is 6.45. The summed E-state index contributed by atoms with van der Waals surface area (Å²) < 4.78 is 0. The van der Waals surface area contributed by atoms with Gasteiger partial charge in [0, 0.05) is 31.0 Å². The molecule has 5 N–H and O–H groups in total. The standard InChI is InChI=1S/C28H46N4O4/c1-18(2)9-14-25(34)32-26(20(5)6)24(33)17-22(8-7-15-30-28(29)36)27(35)31-23-12-10-21(11-13-23)16-19(3)4/h10-13,18-20,22,26H,7-9,14-17H2,1-6H3,(H,31,35)(H,32,34)(H3,29,30,36)/t22-,26+/m1/s1. The van der Waals surface area contributed by atoms with Gasteiger partial charge in [0.1, 0.15) is 0 Å². The fourth-order valence-electron chi connectivity index (χ4n) is 3.98. The molecule has 0 heterocycles. The van der Waals surface area contributed by atoms with Gasteiger partial charge in [-0.25, -0.2) is 4.79 Å². The van der Waals surface area contributed by atoms with Gasteiger partial charge in [-0.1, -0.05) is 53.7 Å². The van der Waals surface area contributed by atoms with E-state index < -0.39 is 18.0 Å². The predicted octanol–water partition coefficient (Wildman–Crippen LogP) is 4.42. The van der Waals surface area contributed by atoms with Gasteiger partial charge in [-0.3, -0.25) is 14.4 Å². The van der Waals surface area contributed by atoms with E-state index in [0.717, 1.165) is 12.8 Å². The van der Waals surface area contributed by atoms with Crippen LogP contribution >= 0.6 is 0 Å². The van der Waals surface area contributed by atoms with Crippen LogP contribution in [0.5, 0.6) is 0 Å². The Morgan fingerprint density at radius 2 is 1.53 bits per heavy atom. The van der Waals surface area contributed by atoms with Crippen LogP contribution in [0.25, 0.3) is 0 Å². The third kappa shape index (κ3) is 12.7. The molecule has 0 fully saturated rings. The van der Waals surface area contributed by atoms with E-state index in [1.165, 1.54) is 5.56 Å². The van der Waals surface area contributed by atoms with E-state index in [2.05, 4.69) is 29.8 Å². The maximum atomic E-state index is 13.2. The Morgan fingerprint density at radius 3 is 2.06 bits per heavy atom. The van der Waals surface area contributed by atoms with Crippen molar-refractivity contribution in [2.45, 2.75) is 86.1 Å². The van der Waals surface area contributed by atoms with Gasteiger partial charge in [-0.15, -0.1) is 0 Å². The Kier molecular flexibility index (Phi) is 13.8. The zero-order valence-electron chi connectivity index (χ0n) is 22.9. The van der Waals surface area contributed by atoms with Gasteiger partial charge < -0.3 is 21.7 Å². The number of hydrogen-bond acceptors (Lipinski definition) is 4. The van der Waals surface area contributed by atoms with Crippen LogP contribution in [-0.2, 0) is 20.8 Å². The second kappa shape index (κ2) is 16.0. The first kappa shape index (κ1) is 31.1. The summed E-state index contributed by atoms with van der Waals surface area (Å²) in [5.41, 5.74) is 7.00. The Hall–Kier alpha value is -2.90. The largest absolute Gasteiger partial charge is 0.352 e. The molecule has 4 amide bonds. The van der Waals surface area contributed by atoms with E-state index in [-0.39, 0.29) is 29.9 Å². The topological polar surface area (TPSA) is 130 Å². The second-order valence-electron chi connectivity index (χ2n) is 10.8. The number of benzene rings is 1. The number of Topliss-reactive ketones (excluding diaryl/α,β-unsaturated/α-hetero) is 1. The average molecular weight is 503 g/mol. The van der Waals surface area contributed by atoms with E-state index in [4.69, 9.17) is 5.73 Å². The molecule has 0 aliphatic carbocycles. The number of anilines is 1. The number of nitrogens with one attached hydrogen (secondary N) is 3. The highest BCUT2D eigenvalue weighted by atomic mass is 16.2. The van der Waals surface area contributed by atoms with Crippen LogP contribution in [-0.4, -0.2) is 36.2 Å². The minimum absolute atomic E-state index is 0.00114. The highest BCUT2D eigenvalue weighted by Crippen LogP contribution is 2.20. The van der Waals surface area contributed by atoms with Crippen molar-refractivity contribution in [1.82, 2.24) is 10.6 Å². The van der Waals surface area contributed by atoms with E-state index in [9.17, 15) is 19.2 Å².